The van der Waals surface area contributed by atoms with E-state index in [0.29, 0.717) is 17.2 Å². The van der Waals surface area contributed by atoms with Gasteiger partial charge in [0.15, 0.2) is 6.61 Å². The summed E-state index contributed by atoms with van der Waals surface area (Å²) in [6.45, 7) is 3.77. The Hall–Kier alpha value is -2.95. The molecule has 1 fully saturated rings. The normalized spacial score (nSPS) is 15.8. The number of aryl methyl sites for hydroxylation is 2. The van der Waals surface area contributed by atoms with Gasteiger partial charge in [-0.1, -0.05) is 18.2 Å². The van der Waals surface area contributed by atoms with Crippen LogP contribution in [0.3, 0.4) is 0 Å². The number of aromatic nitrogens is 2. The van der Waals surface area contributed by atoms with E-state index in [4.69, 9.17) is 9.72 Å². The van der Waals surface area contributed by atoms with Crippen LogP contribution in [0.15, 0.2) is 30.3 Å². The highest BCUT2D eigenvalue weighted by Gasteiger charge is 2.29. The molecule has 0 unspecified atom stereocenters. The van der Waals surface area contributed by atoms with Gasteiger partial charge in [-0.15, -0.1) is 0 Å². The minimum absolute atomic E-state index is 0.143. The number of pyridine rings is 1. The quantitative estimate of drug-likeness (QED) is 0.450. The van der Waals surface area contributed by atoms with Gasteiger partial charge in [-0.25, -0.2) is 4.79 Å². The van der Waals surface area contributed by atoms with Crippen LogP contribution >= 0.6 is 0 Å². The molecule has 2 aliphatic carbocycles. The number of hydrogen-bond acceptors (Lipinski definition) is 4. The zero-order chi connectivity index (χ0) is 20.8. The summed E-state index contributed by atoms with van der Waals surface area (Å²) in [7, 11) is 0. The Morgan fingerprint density at radius 2 is 1.90 bits per heavy atom. The van der Waals surface area contributed by atoms with Crippen molar-refractivity contribution < 1.29 is 14.3 Å². The zero-order valence-electron chi connectivity index (χ0n) is 17.5. The van der Waals surface area contributed by atoms with Crippen molar-refractivity contribution in [2.24, 2.45) is 0 Å². The molecule has 2 heterocycles. The third-order valence-electron chi connectivity index (χ3n) is 6.40. The first-order valence-electron chi connectivity index (χ1n) is 10.8. The van der Waals surface area contributed by atoms with Crippen LogP contribution in [0, 0.1) is 13.8 Å². The van der Waals surface area contributed by atoms with E-state index in [2.05, 4.69) is 4.57 Å². The van der Waals surface area contributed by atoms with Crippen molar-refractivity contribution in [3.63, 3.8) is 0 Å². The van der Waals surface area contributed by atoms with E-state index in [9.17, 15) is 9.59 Å². The SMILES string of the molecule is Cc1cc(C(=O)COC(=O)c2c3c(nc4ccccc24)CCCC3)c(C)n1C1CC1. The van der Waals surface area contributed by atoms with Crippen molar-refractivity contribution in [3.05, 3.63) is 64.1 Å². The standard InChI is InChI=1S/C25H26N2O3/c1-15-13-20(16(2)27(15)17-11-12-17)23(28)14-30-25(29)24-18-7-3-5-9-21(18)26-22-10-6-4-8-19(22)24/h3,5,7,9,13,17H,4,6,8,10-12,14H2,1-2H3. The lowest BCUT2D eigenvalue weighted by Crippen LogP contribution is -2.19. The summed E-state index contributed by atoms with van der Waals surface area (Å²) in [5.41, 5.74) is 6.11. The second-order valence-corrected chi connectivity index (χ2v) is 8.52. The molecular weight excluding hydrogens is 376 g/mol. The second kappa shape index (κ2) is 7.38. The maximum Gasteiger partial charge on any atom is 0.339 e. The van der Waals surface area contributed by atoms with E-state index >= 15 is 0 Å². The molecule has 5 rings (SSSR count). The number of fused-ring (bicyclic) bond motifs is 2. The second-order valence-electron chi connectivity index (χ2n) is 8.52. The van der Waals surface area contributed by atoms with Crippen molar-refractivity contribution in [3.8, 4) is 0 Å². The van der Waals surface area contributed by atoms with E-state index in [0.717, 1.165) is 59.2 Å². The Bertz CT molecular complexity index is 1170. The van der Waals surface area contributed by atoms with Crippen LogP contribution < -0.4 is 0 Å². The van der Waals surface area contributed by atoms with Gasteiger partial charge in [0, 0.05) is 34.1 Å². The first kappa shape index (κ1) is 19.0. The number of ether oxygens (including phenoxy) is 1. The fourth-order valence-electron chi connectivity index (χ4n) is 4.84. The van der Waals surface area contributed by atoms with Gasteiger partial charge in [0.05, 0.1) is 11.1 Å². The lowest BCUT2D eigenvalue weighted by Gasteiger charge is -2.19. The highest BCUT2D eigenvalue weighted by atomic mass is 16.5. The molecule has 1 aromatic carbocycles. The lowest BCUT2D eigenvalue weighted by molar-refractivity contribution is 0.0475. The summed E-state index contributed by atoms with van der Waals surface area (Å²) in [5.74, 6) is -0.563. The molecule has 0 spiro atoms. The number of nitrogens with zero attached hydrogens (tertiary/aromatic N) is 2. The molecule has 1 saturated carbocycles. The molecule has 5 nitrogen and oxygen atoms in total. The molecule has 30 heavy (non-hydrogen) atoms. The highest BCUT2D eigenvalue weighted by Crippen LogP contribution is 2.38. The largest absolute Gasteiger partial charge is 0.454 e. The Morgan fingerprint density at radius 3 is 2.70 bits per heavy atom. The molecular formula is C25H26N2O3. The highest BCUT2D eigenvalue weighted by molar-refractivity contribution is 6.06. The summed E-state index contributed by atoms with van der Waals surface area (Å²) in [6, 6.07) is 10.1. The van der Waals surface area contributed by atoms with Gasteiger partial charge in [-0.05, 0) is 70.1 Å². The van der Waals surface area contributed by atoms with Gasteiger partial charge in [0.2, 0.25) is 5.78 Å². The maximum atomic E-state index is 13.1. The number of para-hydroxylation sites is 1. The van der Waals surface area contributed by atoms with Gasteiger partial charge in [0.1, 0.15) is 0 Å². The Morgan fingerprint density at radius 1 is 1.13 bits per heavy atom. The summed E-state index contributed by atoms with van der Waals surface area (Å²) in [6.07, 6.45) is 6.17. The number of esters is 1. The van der Waals surface area contributed by atoms with Crippen LogP contribution in [0.4, 0.5) is 0 Å². The van der Waals surface area contributed by atoms with Gasteiger partial charge >= 0.3 is 5.97 Å². The number of Topliss-reactive ketones (excluding diaryl/α,β-unsaturated/α-hetero) is 1. The van der Waals surface area contributed by atoms with Gasteiger partial charge in [-0.3, -0.25) is 9.78 Å². The van der Waals surface area contributed by atoms with E-state index in [1.807, 2.05) is 44.2 Å². The van der Waals surface area contributed by atoms with Crippen LogP contribution in [-0.4, -0.2) is 27.9 Å². The molecule has 0 radical (unpaired) electrons. The van der Waals surface area contributed by atoms with Crippen molar-refractivity contribution in [2.45, 2.75) is 58.4 Å². The molecule has 2 aromatic heterocycles. The lowest BCUT2D eigenvalue weighted by atomic mass is 9.90. The van der Waals surface area contributed by atoms with E-state index in [1.165, 1.54) is 12.8 Å². The molecule has 3 aromatic rings. The molecule has 0 bridgehead atoms. The van der Waals surface area contributed by atoms with Crippen molar-refractivity contribution in [1.82, 2.24) is 9.55 Å². The molecule has 154 valence electrons. The number of carbonyl (C=O) groups is 2. The summed E-state index contributed by atoms with van der Waals surface area (Å²) in [4.78, 5) is 30.8. The van der Waals surface area contributed by atoms with Crippen molar-refractivity contribution in [1.29, 1.82) is 0 Å². The monoisotopic (exact) mass is 402 g/mol. The van der Waals surface area contributed by atoms with E-state index < -0.39 is 5.97 Å². The molecule has 0 N–H and O–H groups in total. The van der Waals surface area contributed by atoms with Crippen LogP contribution in [0.25, 0.3) is 10.9 Å². The maximum absolute atomic E-state index is 13.1. The van der Waals surface area contributed by atoms with Crippen LogP contribution in [0.5, 0.6) is 0 Å². The van der Waals surface area contributed by atoms with E-state index in [-0.39, 0.29) is 12.4 Å². The van der Waals surface area contributed by atoms with Gasteiger partial charge < -0.3 is 9.30 Å². The van der Waals surface area contributed by atoms with Crippen LogP contribution in [0.1, 0.15) is 75.1 Å². The molecule has 0 saturated heterocycles. The number of hydrogen-bond donors (Lipinski definition) is 0. The van der Waals surface area contributed by atoms with Gasteiger partial charge in [0.25, 0.3) is 0 Å². The minimum atomic E-state index is -0.420. The third-order valence-corrected chi connectivity index (χ3v) is 6.40. The average molecular weight is 402 g/mol. The van der Waals surface area contributed by atoms with Gasteiger partial charge in [-0.2, -0.15) is 0 Å². The molecule has 0 atom stereocenters. The average Bonchev–Trinajstić information content (AvgIpc) is 3.54. The van der Waals surface area contributed by atoms with Crippen LogP contribution in [-0.2, 0) is 17.6 Å². The number of carbonyl (C=O) groups excluding carboxylic acids is 2. The first-order valence-corrected chi connectivity index (χ1v) is 10.8. The summed E-state index contributed by atoms with van der Waals surface area (Å²) in [5, 5.41) is 0.808. The summed E-state index contributed by atoms with van der Waals surface area (Å²) >= 11 is 0. The number of benzene rings is 1. The Kier molecular flexibility index (Phi) is 4.69. The summed E-state index contributed by atoms with van der Waals surface area (Å²) < 4.78 is 7.81. The van der Waals surface area contributed by atoms with Crippen molar-refractivity contribution in [2.75, 3.05) is 6.61 Å². The molecule has 0 aliphatic heterocycles. The number of rotatable bonds is 5. The third kappa shape index (κ3) is 3.22. The predicted molar refractivity (Wildman–Crippen MR) is 115 cm³/mol. The predicted octanol–water partition coefficient (Wildman–Crippen LogP) is 4.91. The molecule has 0 amide bonds. The van der Waals surface area contributed by atoms with Crippen molar-refractivity contribution >= 4 is 22.7 Å². The Balaban J connectivity index is 1.42. The Labute approximate surface area is 176 Å². The molecule has 2 aliphatic rings. The fourth-order valence-corrected chi connectivity index (χ4v) is 4.84. The zero-order valence-corrected chi connectivity index (χ0v) is 17.5. The first-order chi connectivity index (χ1) is 14.5. The van der Waals surface area contributed by atoms with Crippen LogP contribution in [0.2, 0.25) is 0 Å². The smallest absolute Gasteiger partial charge is 0.339 e. The molecule has 5 heteroatoms. The van der Waals surface area contributed by atoms with E-state index in [1.54, 1.807) is 0 Å². The topological polar surface area (TPSA) is 61.2 Å². The minimum Gasteiger partial charge on any atom is -0.454 e. The number of ketones is 1. The fraction of sp³-hybridized carbons (Fsp3) is 0.400.